The average molecular weight is 460 g/mol. The molecular formula is C22H22FN3O3S2. The molecule has 1 amide bonds. The number of thiazole rings is 1. The van der Waals surface area contributed by atoms with Crippen molar-refractivity contribution in [1.82, 2.24) is 9.88 Å². The Hall–Kier alpha value is -2.30. The maximum atomic E-state index is 13.5. The summed E-state index contributed by atoms with van der Waals surface area (Å²) < 4.78 is 24.8. The fourth-order valence-electron chi connectivity index (χ4n) is 3.44. The number of hydrogen-bond donors (Lipinski definition) is 0. The first-order valence-corrected chi connectivity index (χ1v) is 12.2. The van der Waals surface area contributed by atoms with Crippen LogP contribution in [0.1, 0.15) is 9.80 Å². The summed E-state index contributed by atoms with van der Waals surface area (Å²) >= 11 is 0.181. The zero-order chi connectivity index (χ0) is 22.2. The molecule has 1 unspecified atom stereocenters. The van der Waals surface area contributed by atoms with Gasteiger partial charge in [-0.1, -0.05) is 0 Å². The van der Waals surface area contributed by atoms with Gasteiger partial charge < -0.3 is 19.3 Å². The van der Waals surface area contributed by atoms with Crippen LogP contribution in [-0.2, 0) is 11.2 Å². The van der Waals surface area contributed by atoms with E-state index in [9.17, 15) is 18.9 Å². The predicted octanol–water partition coefficient (Wildman–Crippen LogP) is 3.75. The van der Waals surface area contributed by atoms with Crippen molar-refractivity contribution in [3.8, 4) is 21.7 Å². The fourth-order valence-corrected chi connectivity index (χ4v) is 5.02. The van der Waals surface area contributed by atoms with Crippen molar-refractivity contribution in [2.45, 2.75) is 4.90 Å². The molecule has 3 aromatic rings. The van der Waals surface area contributed by atoms with Gasteiger partial charge in [0.2, 0.25) is 0 Å². The van der Waals surface area contributed by atoms with E-state index in [-0.39, 0.29) is 16.4 Å². The number of amides is 1. The molecule has 2 heterocycles. The van der Waals surface area contributed by atoms with Crippen molar-refractivity contribution in [1.29, 1.82) is 0 Å². The Morgan fingerprint density at radius 1 is 1.10 bits per heavy atom. The lowest BCUT2D eigenvalue weighted by atomic mass is 10.1. The molecule has 1 aliphatic heterocycles. The first-order valence-electron chi connectivity index (χ1n) is 9.79. The van der Waals surface area contributed by atoms with Gasteiger partial charge in [0.1, 0.15) is 12.1 Å². The molecule has 1 aliphatic rings. The number of carbonyl (C=O) groups excluding carboxylic acids is 1. The SMILES string of the molecule is C[S+]([O-])c1ccc(-c2sc(C(=O)N3CC[N+](C)([O-])CC3)nc2-c2ccc(F)cc2)cc1. The minimum absolute atomic E-state index is 0.203. The number of carbonyl (C=O) groups is 1. The van der Waals surface area contributed by atoms with E-state index >= 15 is 0 Å². The molecular weight excluding hydrogens is 437 g/mol. The number of aromatic nitrogens is 1. The van der Waals surface area contributed by atoms with Crippen LogP contribution < -0.4 is 0 Å². The van der Waals surface area contributed by atoms with Crippen LogP contribution in [0.15, 0.2) is 53.4 Å². The van der Waals surface area contributed by atoms with Crippen LogP contribution in [-0.4, -0.2) is 64.5 Å². The quantitative estimate of drug-likeness (QED) is 0.338. The topological polar surface area (TPSA) is 79.3 Å². The summed E-state index contributed by atoms with van der Waals surface area (Å²) in [7, 11) is 1.61. The molecule has 0 saturated carbocycles. The molecule has 1 fully saturated rings. The number of nitrogens with zero attached hydrogens (tertiary/aromatic N) is 3. The van der Waals surface area contributed by atoms with Crippen molar-refractivity contribution in [3.63, 3.8) is 0 Å². The molecule has 2 aromatic carbocycles. The van der Waals surface area contributed by atoms with E-state index < -0.39 is 11.2 Å². The Kier molecular flexibility index (Phi) is 6.14. The average Bonchev–Trinajstić information content (AvgIpc) is 3.19. The molecule has 1 saturated heterocycles. The van der Waals surface area contributed by atoms with Gasteiger partial charge in [0.15, 0.2) is 9.90 Å². The van der Waals surface area contributed by atoms with Crippen LogP contribution in [0.2, 0.25) is 0 Å². The van der Waals surface area contributed by atoms with E-state index in [0.29, 0.717) is 47.3 Å². The van der Waals surface area contributed by atoms with E-state index in [1.807, 2.05) is 12.1 Å². The standard InChI is InChI=1S/C22H22FN3O3S2/c1-26(28)13-11-25(12-14-26)22(27)21-24-19(15-3-7-17(23)8-4-15)20(30-21)16-5-9-18(10-6-16)31(2)29/h3-10H,11-14H2,1-2H3. The summed E-state index contributed by atoms with van der Waals surface area (Å²) in [5.74, 6) is -0.552. The lowest BCUT2D eigenvalue weighted by Gasteiger charge is -2.44. The highest BCUT2D eigenvalue weighted by Crippen LogP contribution is 2.38. The lowest BCUT2D eigenvalue weighted by molar-refractivity contribution is -0.864. The second kappa shape index (κ2) is 8.68. The summed E-state index contributed by atoms with van der Waals surface area (Å²) in [6.07, 6.45) is 1.62. The van der Waals surface area contributed by atoms with Crippen LogP contribution in [0, 0.1) is 11.0 Å². The third-order valence-corrected chi connectivity index (χ3v) is 7.38. The molecule has 1 aromatic heterocycles. The van der Waals surface area contributed by atoms with Gasteiger partial charge in [-0.05, 0) is 65.3 Å². The zero-order valence-electron chi connectivity index (χ0n) is 17.2. The van der Waals surface area contributed by atoms with E-state index in [4.69, 9.17) is 0 Å². The number of hydroxylamine groups is 3. The Morgan fingerprint density at radius 3 is 2.26 bits per heavy atom. The Bertz CT molecular complexity index is 1070. The van der Waals surface area contributed by atoms with Crippen LogP contribution in [0.4, 0.5) is 4.39 Å². The third kappa shape index (κ3) is 4.81. The minimum Gasteiger partial charge on any atom is -0.633 e. The van der Waals surface area contributed by atoms with Crippen LogP contribution in [0.5, 0.6) is 0 Å². The normalized spacial score (nSPS) is 16.9. The highest BCUT2D eigenvalue weighted by atomic mass is 32.2. The maximum Gasteiger partial charge on any atom is 0.283 e. The molecule has 1 atom stereocenters. The van der Waals surface area contributed by atoms with Gasteiger partial charge in [0.25, 0.3) is 5.91 Å². The maximum absolute atomic E-state index is 13.5. The highest BCUT2D eigenvalue weighted by Gasteiger charge is 2.29. The van der Waals surface area contributed by atoms with Crippen LogP contribution in [0.25, 0.3) is 21.7 Å². The molecule has 162 valence electrons. The summed E-state index contributed by atoms with van der Waals surface area (Å²) in [5.41, 5.74) is 2.14. The second-order valence-corrected chi connectivity index (χ2v) is 10.1. The number of piperazine rings is 1. The fraction of sp³-hybridized carbons (Fsp3) is 0.273. The number of rotatable bonds is 4. The minimum atomic E-state index is -1.09. The van der Waals surface area contributed by atoms with E-state index in [1.54, 1.807) is 42.5 Å². The smallest absolute Gasteiger partial charge is 0.283 e. The largest absolute Gasteiger partial charge is 0.633 e. The first-order chi connectivity index (χ1) is 14.7. The number of quaternary nitrogens is 1. The second-order valence-electron chi connectivity index (χ2n) is 7.72. The molecule has 0 bridgehead atoms. The van der Waals surface area contributed by atoms with E-state index in [2.05, 4.69) is 4.98 Å². The van der Waals surface area contributed by atoms with E-state index in [0.717, 1.165) is 10.4 Å². The van der Waals surface area contributed by atoms with Gasteiger partial charge in [0, 0.05) is 5.56 Å². The summed E-state index contributed by atoms with van der Waals surface area (Å²) in [6.45, 7) is 1.47. The summed E-state index contributed by atoms with van der Waals surface area (Å²) in [4.78, 5) is 20.9. The van der Waals surface area contributed by atoms with Gasteiger partial charge in [-0.2, -0.15) is 0 Å². The highest BCUT2D eigenvalue weighted by molar-refractivity contribution is 7.90. The number of likely N-dealkylation sites (N-methyl/N-ethyl adjacent to an activating group) is 1. The van der Waals surface area contributed by atoms with Crippen molar-refractivity contribution < 1.29 is 18.4 Å². The number of hydrogen-bond acceptors (Lipinski definition) is 5. The first kappa shape index (κ1) is 21.9. The summed E-state index contributed by atoms with van der Waals surface area (Å²) in [5, 5.41) is 12.4. The van der Waals surface area contributed by atoms with Crippen LogP contribution in [0.3, 0.4) is 0 Å². The molecule has 31 heavy (non-hydrogen) atoms. The number of halogens is 1. The molecule has 0 N–H and O–H groups in total. The van der Waals surface area contributed by atoms with Crippen molar-refractivity contribution in [2.75, 3.05) is 39.5 Å². The van der Waals surface area contributed by atoms with Gasteiger partial charge >= 0.3 is 0 Å². The summed E-state index contributed by atoms with van der Waals surface area (Å²) in [6, 6.07) is 13.3. The van der Waals surface area contributed by atoms with Crippen LogP contribution >= 0.6 is 11.3 Å². The van der Waals surface area contributed by atoms with Crippen molar-refractivity contribution >= 4 is 28.4 Å². The third-order valence-electron chi connectivity index (χ3n) is 5.35. The Morgan fingerprint density at radius 2 is 1.68 bits per heavy atom. The Labute approximate surface area is 187 Å². The molecule has 0 aliphatic carbocycles. The van der Waals surface area contributed by atoms with Crippen molar-refractivity contribution in [2.24, 2.45) is 0 Å². The van der Waals surface area contributed by atoms with Crippen molar-refractivity contribution in [3.05, 3.63) is 64.6 Å². The van der Waals surface area contributed by atoms with E-state index in [1.165, 1.54) is 23.5 Å². The molecule has 6 nitrogen and oxygen atoms in total. The zero-order valence-corrected chi connectivity index (χ0v) is 18.8. The van der Waals surface area contributed by atoms with Gasteiger partial charge in [-0.3, -0.25) is 4.79 Å². The molecule has 9 heteroatoms. The molecule has 4 rings (SSSR count). The molecule has 0 radical (unpaired) electrons. The van der Waals surface area contributed by atoms with Gasteiger partial charge in [-0.15, -0.1) is 11.3 Å². The predicted molar refractivity (Wildman–Crippen MR) is 120 cm³/mol. The monoisotopic (exact) mass is 459 g/mol. The van der Waals surface area contributed by atoms with Gasteiger partial charge in [-0.25, -0.2) is 9.37 Å². The lowest BCUT2D eigenvalue weighted by Crippen LogP contribution is -2.55. The van der Waals surface area contributed by atoms with Gasteiger partial charge in [0.05, 0.1) is 43.8 Å². The number of benzene rings is 2. The Balaban J connectivity index is 1.72. The molecule has 0 spiro atoms.